The van der Waals surface area contributed by atoms with Crippen molar-refractivity contribution in [2.24, 2.45) is 11.7 Å². The molecule has 2 fully saturated rings. The summed E-state index contributed by atoms with van der Waals surface area (Å²) in [5.41, 5.74) is 8.34. The third-order valence-electron chi connectivity index (χ3n) is 6.76. The number of nitrogens with two attached hydrogens (primary N) is 1. The van der Waals surface area contributed by atoms with Crippen LogP contribution < -0.4 is 16.0 Å². The first-order valence-electron chi connectivity index (χ1n) is 13.5. The Morgan fingerprint density at radius 2 is 1.79 bits per heavy atom. The van der Waals surface area contributed by atoms with Crippen LogP contribution in [0.15, 0.2) is 60.7 Å². The number of cyclic esters (lactones) is 1. The summed E-state index contributed by atoms with van der Waals surface area (Å²) in [5, 5.41) is 2.92. The normalized spacial score (nSPS) is 20.4. The highest BCUT2D eigenvalue weighted by molar-refractivity contribution is 5.95. The largest absolute Gasteiger partial charge is 0.444 e. The lowest BCUT2D eigenvalue weighted by Crippen LogP contribution is -2.56. The maximum Gasteiger partial charge on any atom is 0.415 e. The van der Waals surface area contributed by atoms with Crippen LogP contribution in [0.5, 0.6) is 0 Å². The zero-order valence-corrected chi connectivity index (χ0v) is 22.5. The molecule has 0 aliphatic carbocycles. The minimum Gasteiger partial charge on any atom is -0.444 e. The maximum absolute atomic E-state index is 13.6. The summed E-state index contributed by atoms with van der Waals surface area (Å²) < 4.78 is 16.3. The Morgan fingerprint density at radius 3 is 2.44 bits per heavy atom. The Balaban J connectivity index is 1.46. The molecule has 2 aliphatic rings. The lowest BCUT2D eigenvalue weighted by atomic mass is 9.99. The van der Waals surface area contributed by atoms with Gasteiger partial charge in [-0.05, 0) is 30.0 Å². The van der Waals surface area contributed by atoms with Crippen LogP contribution in [0.4, 0.5) is 15.3 Å². The van der Waals surface area contributed by atoms with Gasteiger partial charge in [-0.3, -0.25) is 9.69 Å². The predicted molar refractivity (Wildman–Crippen MR) is 146 cm³/mol. The quantitative estimate of drug-likeness (QED) is 0.451. The van der Waals surface area contributed by atoms with Crippen molar-refractivity contribution in [1.29, 1.82) is 0 Å². The summed E-state index contributed by atoms with van der Waals surface area (Å²) in [7, 11) is 0. The molecule has 2 aromatic rings. The molecule has 2 aliphatic heterocycles. The Kier molecular flexibility index (Phi) is 9.78. The van der Waals surface area contributed by atoms with E-state index in [1.54, 1.807) is 17.0 Å². The van der Waals surface area contributed by atoms with Gasteiger partial charge in [0.15, 0.2) is 6.10 Å². The van der Waals surface area contributed by atoms with E-state index in [-0.39, 0.29) is 31.0 Å². The molecule has 39 heavy (non-hydrogen) atoms. The number of nitrogens with zero attached hydrogens (tertiary/aromatic N) is 2. The zero-order chi connectivity index (χ0) is 27.8. The molecule has 10 heteroatoms. The van der Waals surface area contributed by atoms with Crippen molar-refractivity contribution >= 4 is 23.8 Å². The molecule has 0 radical (unpaired) electrons. The monoisotopic (exact) mass is 538 g/mol. The molecule has 0 saturated carbocycles. The average molecular weight is 539 g/mol. The molecular formula is C29H38N4O6. The molecule has 210 valence electrons. The lowest BCUT2D eigenvalue weighted by Gasteiger charge is -2.33. The molecule has 10 nitrogen and oxygen atoms in total. The van der Waals surface area contributed by atoms with Crippen LogP contribution in [0, 0.1) is 5.92 Å². The van der Waals surface area contributed by atoms with E-state index in [0.717, 1.165) is 5.56 Å². The molecule has 0 unspecified atom stereocenters. The van der Waals surface area contributed by atoms with Crippen LogP contribution in [-0.2, 0) is 25.4 Å². The average Bonchev–Trinajstić information content (AvgIpc) is 3.57. The molecule has 4 atom stereocenters. The van der Waals surface area contributed by atoms with Gasteiger partial charge in [-0.1, -0.05) is 62.4 Å². The number of hydrogen-bond acceptors (Lipinski definition) is 7. The number of anilines is 1. The first-order valence-corrected chi connectivity index (χ1v) is 13.5. The van der Waals surface area contributed by atoms with Gasteiger partial charge in [-0.15, -0.1) is 0 Å². The number of carbonyl (C=O) groups is 3. The summed E-state index contributed by atoms with van der Waals surface area (Å²) >= 11 is 0. The molecule has 0 aromatic heterocycles. The van der Waals surface area contributed by atoms with Crippen LogP contribution in [0.1, 0.15) is 25.8 Å². The van der Waals surface area contributed by atoms with E-state index in [4.69, 9.17) is 19.9 Å². The van der Waals surface area contributed by atoms with E-state index in [2.05, 4.69) is 5.32 Å². The number of rotatable bonds is 11. The molecule has 0 spiro atoms. The second kappa shape index (κ2) is 13.4. The summed E-state index contributed by atoms with van der Waals surface area (Å²) in [6, 6.07) is 17.7. The number of para-hydroxylation sites is 1. The third-order valence-corrected chi connectivity index (χ3v) is 6.76. The van der Waals surface area contributed by atoms with Crippen LogP contribution in [0.25, 0.3) is 0 Å². The number of carbonyl (C=O) groups excluding carboxylic acids is 3. The fourth-order valence-corrected chi connectivity index (χ4v) is 4.81. The van der Waals surface area contributed by atoms with Gasteiger partial charge in [-0.25, -0.2) is 9.59 Å². The SMILES string of the molecule is CC(C)CN(C[C@@H](N)[C@H](Cc1ccccc1)NC(=O)O[C@H]1CCOC1)C(=O)[C@H]1CN(c2ccccc2)C(=O)O1. The van der Waals surface area contributed by atoms with Gasteiger partial charge >= 0.3 is 12.2 Å². The number of alkyl carbamates (subject to hydrolysis) is 1. The second-order valence-electron chi connectivity index (χ2n) is 10.5. The summed E-state index contributed by atoms with van der Waals surface area (Å²) in [4.78, 5) is 42.0. The summed E-state index contributed by atoms with van der Waals surface area (Å²) in [6.07, 6.45) is -1.25. The smallest absolute Gasteiger partial charge is 0.415 e. The van der Waals surface area contributed by atoms with Crippen molar-refractivity contribution in [2.45, 2.75) is 51.0 Å². The fraction of sp³-hybridized carbons (Fsp3) is 0.483. The van der Waals surface area contributed by atoms with Crippen molar-refractivity contribution < 1.29 is 28.6 Å². The van der Waals surface area contributed by atoms with Gasteiger partial charge in [0.2, 0.25) is 0 Å². The van der Waals surface area contributed by atoms with Crippen LogP contribution in [0.3, 0.4) is 0 Å². The van der Waals surface area contributed by atoms with Gasteiger partial charge in [0.05, 0.1) is 25.8 Å². The van der Waals surface area contributed by atoms with Crippen LogP contribution in [-0.4, -0.2) is 80.1 Å². The molecule has 2 aromatic carbocycles. The zero-order valence-electron chi connectivity index (χ0n) is 22.5. The molecule has 3 amide bonds. The van der Waals surface area contributed by atoms with Gasteiger partial charge in [0.25, 0.3) is 5.91 Å². The minimum atomic E-state index is -0.948. The van der Waals surface area contributed by atoms with Crippen molar-refractivity contribution in [3.63, 3.8) is 0 Å². The van der Waals surface area contributed by atoms with Gasteiger partial charge < -0.3 is 30.2 Å². The topological polar surface area (TPSA) is 123 Å². The Bertz CT molecular complexity index is 1090. The Hall–Kier alpha value is -3.63. The summed E-state index contributed by atoms with van der Waals surface area (Å²) in [6.45, 7) is 5.65. The molecular weight excluding hydrogens is 500 g/mol. The number of nitrogens with one attached hydrogen (secondary N) is 1. The standard InChI is InChI=1S/C29H38N4O6/c1-20(2)16-32(27(34)26-18-33(29(36)39-26)22-11-7-4-8-12-22)17-24(30)25(15-21-9-5-3-6-10-21)31-28(35)38-23-13-14-37-19-23/h3-12,20,23-26H,13-19,30H2,1-2H3,(H,31,35)/t23-,24+,25-,26+/m0/s1. The van der Waals surface area contributed by atoms with Crippen molar-refractivity contribution in [3.8, 4) is 0 Å². The van der Waals surface area contributed by atoms with Gasteiger partial charge in [0, 0.05) is 31.2 Å². The highest BCUT2D eigenvalue weighted by Gasteiger charge is 2.40. The van der Waals surface area contributed by atoms with E-state index >= 15 is 0 Å². The second-order valence-corrected chi connectivity index (χ2v) is 10.5. The van der Waals surface area contributed by atoms with Crippen LogP contribution >= 0.6 is 0 Å². The van der Waals surface area contributed by atoms with Crippen molar-refractivity contribution in [3.05, 3.63) is 66.2 Å². The fourth-order valence-electron chi connectivity index (χ4n) is 4.81. The number of benzene rings is 2. The number of ether oxygens (including phenoxy) is 3. The van der Waals surface area contributed by atoms with Gasteiger partial charge in [-0.2, -0.15) is 0 Å². The molecule has 3 N–H and O–H groups in total. The number of amides is 3. The maximum atomic E-state index is 13.6. The van der Waals surface area contributed by atoms with E-state index in [1.165, 1.54) is 4.90 Å². The minimum absolute atomic E-state index is 0.118. The van der Waals surface area contributed by atoms with Crippen molar-refractivity contribution in [1.82, 2.24) is 10.2 Å². The molecule has 0 bridgehead atoms. The Morgan fingerprint density at radius 1 is 1.10 bits per heavy atom. The van der Waals surface area contributed by atoms with E-state index in [0.29, 0.717) is 38.3 Å². The number of hydrogen-bond donors (Lipinski definition) is 2. The van der Waals surface area contributed by atoms with Gasteiger partial charge in [0.1, 0.15) is 6.10 Å². The van der Waals surface area contributed by atoms with Crippen molar-refractivity contribution in [2.75, 3.05) is 37.7 Å². The van der Waals surface area contributed by atoms with E-state index in [9.17, 15) is 14.4 Å². The first-order chi connectivity index (χ1) is 18.8. The molecule has 4 rings (SSSR count). The Labute approximate surface area is 229 Å². The van der Waals surface area contributed by atoms with E-state index in [1.807, 2.05) is 62.4 Å². The van der Waals surface area contributed by atoms with Crippen LogP contribution in [0.2, 0.25) is 0 Å². The lowest BCUT2D eigenvalue weighted by molar-refractivity contribution is -0.139. The molecule has 2 heterocycles. The highest BCUT2D eigenvalue weighted by Crippen LogP contribution is 2.23. The van der Waals surface area contributed by atoms with E-state index < -0.39 is 30.4 Å². The highest BCUT2D eigenvalue weighted by atomic mass is 16.6. The first kappa shape index (κ1) is 28.4. The predicted octanol–water partition coefficient (Wildman–Crippen LogP) is 2.95. The molecule has 2 saturated heterocycles. The third kappa shape index (κ3) is 7.93. The summed E-state index contributed by atoms with van der Waals surface area (Å²) in [5.74, 6) is -0.161.